The summed E-state index contributed by atoms with van der Waals surface area (Å²) in [6, 6.07) is 14.6. The number of benzene rings is 2. The fourth-order valence-electron chi connectivity index (χ4n) is 4.23. The minimum atomic E-state index is -1.63. The van der Waals surface area contributed by atoms with Crippen molar-refractivity contribution in [1.82, 2.24) is 15.5 Å². The van der Waals surface area contributed by atoms with Crippen LogP contribution in [0.2, 0.25) is 0 Å². The first-order valence-corrected chi connectivity index (χ1v) is 13.1. The van der Waals surface area contributed by atoms with Crippen molar-refractivity contribution in [1.29, 1.82) is 0 Å². The van der Waals surface area contributed by atoms with Crippen molar-refractivity contribution in [3.63, 3.8) is 0 Å². The van der Waals surface area contributed by atoms with Crippen LogP contribution in [-0.4, -0.2) is 70.4 Å². The molecule has 0 radical (unpaired) electrons. The Balaban J connectivity index is 1.76. The van der Waals surface area contributed by atoms with E-state index in [1.54, 1.807) is 7.11 Å². The van der Waals surface area contributed by atoms with E-state index < -0.39 is 34.9 Å². The minimum absolute atomic E-state index is 0.163. The van der Waals surface area contributed by atoms with E-state index in [0.717, 1.165) is 11.1 Å². The van der Waals surface area contributed by atoms with E-state index in [-0.39, 0.29) is 31.4 Å². The van der Waals surface area contributed by atoms with E-state index in [9.17, 15) is 19.5 Å². The summed E-state index contributed by atoms with van der Waals surface area (Å²) in [5.74, 6) is 2.07. The van der Waals surface area contributed by atoms with Gasteiger partial charge in [-0.25, -0.2) is 4.79 Å². The molecular weight excluding hydrogens is 506 g/mol. The summed E-state index contributed by atoms with van der Waals surface area (Å²) >= 11 is 1.44. The molecule has 0 aliphatic carbocycles. The summed E-state index contributed by atoms with van der Waals surface area (Å²) in [6.07, 6.45) is 2.84. The van der Waals surface area contributed by atoms with E-state index in [4.69, 9.17) is 15.9 Å². The maximum Gasteiger partial charge on any atom is 0.408 e. The van der Waals surface area contributed by atoms with Gasteiger partial charge in [0.2, 0.25) is 5.91 Å². The zero-order valence-electron chi connectivity index (χ0n) is 21.7. The fourth-order valence-corrected chi connectivity index (χ4v) is 5.37. The van der Waals surface area contributed by atoms with Gasteiger partial charge in [-0.15, -0.1) is 18.2 Å². The maximum atomic E-state index is 13.6. The molecule has 1 saturated heterocycles. The van der Waals surface area contributed by atoms with Crippen LogP contribution in [0.1, 0.15) is 25.0 Å². The Morgan fingerprint density at radius 2 is 1.89 bits per heavy atom. The molecule has 0 unspecified atom stereocenters. The van der Waals surface area contributed by atoms with Crippen LogP contribution < -0.4 is 15.4 Å². The highest BCUT2D eigenvalue weighted by molar-refractivity contribution is 8.00. The monoisotopic (exact) mass is 539 g/mol. The van der Waals surface area contributed by atoms with E-state index in [1.165, 1.54) is 16.7 Å². The Hall–Kier alpha value is -3.68. The quantitative estimate of drug-likeness (QED) is 0.397. The van der Waals surface area contributed by atoms with Gasteiger partial charge in [0.05, 0.1) is 19.0 Å². The first-order valence-electron chi connectivity index (χ1n) is 12.1. The van der Waals surface area contributed by atoms with Crippen LogP contribution in [0.3, 0.4) is 0 Å². The number of hydrogen-bond donors (Lipinski definition) is 3. The third-order valence-electron chi connectivity index (χ3n) is 6.20. The molecule has 202 valence electrons. The van der Waals surface area contributed by atoms with Crippen LogP contribution in [0.25, 0.3) is 0 Å². The van der Waals surface area contributed by atoms with Crippen LogP contribution in [0.4, 0.5) is 4.79 Å². The number of amides is 3. The average molecular weight is 540 g/mol. The van der Waals surface area contributed by atoms with Gasteiger partial charge in [-0.2, -0.15) is 0 Å². The van der Waals surface area contributed by atoms with Crippen LogP contribution in [0, 0.1) is 12.3 Å². The lowest BCUT2D eigenvalue weighted by molar-refractivity contribution is -0.147. The number of methoxy groups -OCH3 is 1. The van der Waals surface area contributed by atoms with E-state index >= 15 is 0 Å². The molecule has 1 aliphatic rings. The van der Waals surface area contributed by atoms with Crippen molar-refractivity contribution >= 4 is 29.7 Å². The molecule has 10 heteroatoms. The summed E-state index contributed by atoms with van der Waals surface area (Å²) in [5, 5.41) is 16.6. The summed E-state index contributed by atoms with van der Waals surface area (Å²) in [5.41, 5.74) is 1.64. The van der Waals surface area contributed by atoms with Gasteiger partial charge in [-0.1, -0.05) is 48.4 Å². The second kappa shape index (κ2) is 13.2. The van der Waals surface area contributed by atoms with Gasteiger partial charge in [0.25, 0.3) is 5.91 Å². The summed E-state index contributed by atoms with van der Waals surface area (Å²) in [4.78, 5) is 40.5. The lowest BCUT2D eigenvalue weighted by Crippen LogP contribution is -2.58. The summed E-state index contributed by atoms with van der Waals surface area (Å²) in [6.45, 7) is 3.76. The highest BCUT2D eigenvalue weighted by Crippen LogP contribution is 2.40. The Morgan fingerprint density at radius 1 is 1.18 bits per heavy atom. The first-order chi connectivity index (χ1) is 18.2. The van der Waals surface area contributed by atoms with E-state index in [0.29, 0.717) is 5.75 Å². The number of terminal acetylenes is 1. The molecule has 3 amide bonds. The molecule has 3 N–H and O–H groups in total. The minimum Gasteiger partial charge on any atom is -0.497 e. The van der Waals surface area contributed by atoms with Gasteiger partial charge in [-0.05, 0) is 43.5 Å². The number of nitrogens with zero attached hydrogens (tertiary/aromatic N) is 1. The molecule has 1 fully saturated rings. The molecule has 2 aromatic rings. The predicted molar refractivity (Wildman–Crippen MR) is 145 cm³/mol. The number of hydrogen-bond acceptors (Lipinski definition) is 7. The standard InChI is InChI=1S/C28H33N3O6S/c1-5-14-37-27(35)30-22(16-19-10-7-6-8-11-19)23(32)26(34)31-18-38-28(2,3)24(31)25(33)29-17-20-12-9-13-21(15-20)36-4/h1,6-13,15,22-24,32H,14,16-18H2,2-4H3,(H,29,33)(H,30,35)/t22-,23-,24+/m0/s1. The van der Waals surface area contributed by atoms with Crippen molar-refractivity contribution < 1.29 is 29.0 Å². The maximum absolute atomic E-state index is 13.6. The zero-order valence-corrected chi connectivity index (χ0v) is 22.5. The number of carbonyl (C=O) groups is 3. The number of rotatable bonds is 10. The molecule has 3 atom stereocenters. The van der Waals surface area contributed by atoms with Crippen molar-refractivity contribution in [2.75, 3.05) is 19.6 Å². The van der Waals surface area contributed by atoms with Crippen molar-refractivity contribution in [2.24, 2.45) is 0 Å². The molecular formula is C28H33N3O6S. The molecule has 1 heterocycles. The topological polar surface area (TPSA) is 117 Å². The Morgan fingerprint density at radius 3 is 2.58 bits per heavy atom. The van der Waals surface area contributed by atoms with Crippen molar-refractivity contribution in [2.45, 2.75) is 49.7 Å². The molecule has 0 spiro atoms. The summed E-state index contributed by atoms with van der Waals surface area (Å²) < 4.78 is 9.53. The largest absolute Gasteiger partial charge is 0.497 e. The lowest BCUT2D eigenvalue weighted by atomic mass is 9.97. The number of carbonyl (C=O) groups excluding carboxylic acids is 3. The number of nitrogens with one attached hydrogen (secondary N) is 2. The van der Waals surface area contributed by atoms with Crippen LogP contribution in [-0.2, 0) is 27.3 Å². The Labute approximate surface area is 227 Å². The Kier molecular flexibility index (Phi) is 10.0. The number of thioether (sulfide) groups is 1. The van der Waals surface area contributed by atoms with E-state index in [1.807, 2.05) is 68.4 Å². The summed E-state index contributed by atoms with van der Waals surface area (Å²) in [7, 11) is 1.57. The molecule has 38 heavy (non-hydrogen) atoms. The number of alkyl carbamates (subject to hydrolysis) is 1. The highest BCUT2D eigenvalue weighted by atomic mass is 32.2. The second-order valence-electron chi connectivity index (χ2n) is 9.32. The van der Waals surface area contributed by atoms with Gasteiger partial charge in [0.15, 0.2) is 12.7 Å². The van der Waals surface area contributed by atoms with Gasteiger partial charge in [0.1, 0.15) is 11.8 Å². The van der Waals surface area contributed by atoms with Crippen LogP contribution >= 0.6 is 11.8 Å². The SMILES string of the molecule is C#CCOC(=O)N[C@@H](Cc1ccccc1)[C@H](O)C(=O)N1CSC(C)(C)[C@H]1C(=O)NCc1cccc(OC)c1. The normalized spacial score (nSPS) is 17.6. The first kappa shape index (κ1) is 28.9. The molecule has 0 bridgehead atoms. The molecule has 9 nitrogen and oxygen atoms in total. The van der Waals surface area contributed by atoms with Crippen LogP contribution in [0.15, 0.2) is 54.6 Å². The lowest BCUT2D eigenvalue weighted by Gasteiger charge is -2.33. The smallest absolute Gasteiger partial charge is 0.408 e. The van der Waals surface area contributed by atoms with Crippen molar-refractivity contribution in [3.8, 4) is 18.1 Å². The van der Waals surface area contributed by atoms with Gasteiger partial charge < -0.3 is 30.1 Å². The highest BCUT2D eigenvalue weighted by Gasteiger charge is 2.49. The third-order valence-corrected chi connectivity index (χ3v) is 7.58. The number of aliphatic hydroxyl groups is 1. The third kappa shape index (κ3) is 7.43. The number of ether oxygens (including phenoxy) is 2. The number of aliphatic hydroxyl groups excluding tert-OH is 1. The van der Waals surface area contributed by atoms with Crippen molar-refractivity contribution in [3.05, 3.63) is 65.7 Å². The van der Waals surface area contributed by atoms with E-state index in [2.05, 4.69) is 16.6 Å². The zero-order chi connectivity index (χ0) is 27.7. The second-order valence-corrected chi connectivity index (χ2v) is 10.9. The Bertz CT molecular complexity index is 1170. The molecule has 1 aliphatic heterocycles. The van der Waals surface area contributed by atoms with Gasteiger partial charge in [-0.3, -0.25) is 9.59 Å². The molecule has 3 rings (SSSR count). The van der Waals surface area contributed by atoms with Gasteiger partial charge >= 0.3 is 6.09 Å². The average Bonchev–Trinajstić information content (AvgIpc) is 3.24. The molecule has 0 saturated carbocycles. The fraction of sp³-hybridized carbons (Fsp3) is 0.393. The molecule has 0 aromatic heterocycles. The van der Waals surface area contributed by atoms with Crippen LogP contribution in [0.5, 0.6) is 5.75 Å². The van der Waals surface area contributed by atoms with Gasteiger partial charge in [0, 0.05) is 11.3 Å². The molecule has 2 aromatic carbocycles. The predicted octanol–water partition coefficient (Wildman–Crippen LogP) is 2.32.